The second-order valence-corrected chi connectivity index (χ2v) is 9.79. The van der Waals surface area contributed by atoms with Crippen LogP contribution in [0.25, 0.3) is 0 Å². The van der Waals surface area contributed by atoms with Gasteiger partial charge in [-0.05, 0) is 54.8 Å². The van der Waals surface area contributed by atoms with Gasteiger partial charge in [-0.1, -0.05) is 60.1 Å². The van der Waals surface area contributed by atoms with Gasteiger partial charge < -0.3 is 14.5 Å². The largest absolute Gasteiger partial charge is 0.493 e. The van der Waals surface area contributed by atoms with Crippen molar-refractivity contribution in [1.82, 2.24) is 9.80 Å². The molecule has 1 fully saturated rings. The van der Waals surface area contributed by atoms with E-state index in [9.17, 15) is 9.59 Å². The molecule has 3 aromatic rings. The third kappa shape index (κ3) is 6.64. The van der Waals surface area contributed by atoms with E-state index >= 15 is 0 Å². The van der Waals surface area contributed by atoms with E-state index in [1.165, 1.54) is 0 Å². The van der Waals surface area contributed by atoms with Crippen LogP contribution in [0.2, 0.25) is 5.02 Å². The van der Waals surface area contributed by atoms with E-state index in [0.717, 1.165) is 18.4 Å². The number of piperidine rings is 1. The van der Waals surface area contributed by atoms with E-state index in [0.29, 0.717) is 49.0 Å². The van der Waals surface area contributed by atoms with Crippen LogP contribution in [0.3, 0.4) is 0 Å². The number of benzene rings is 3. The molecular formula is C29H31ClN2O3. The molecule has 0 aliphatic carbocycles. The van der Waals surface area contributed by atoms with Gasteiger partial charge in [0.1, 0.15) is 5.75 Å². The van der Waals surface area contributed by atoms with Crippen LogP contribution < -0.4 is 4.74 Å². The Kier molecular flexibility index (Phi) is 8.09. The van der Waals surface area contributed by atoms with Crippen molar-refractivity contribution in [2.75, 3.05) is 26.7 Å². The number of nitrogens with zero attached hydrogens (tertiary/aromatic N) is 2. The maximum atomic E-state index is 13.4. The van der Waals surface area contributed by atoms with Crippen molar-refractivity contribution in [2.24, 2.45) is 5.41 Å². The predicted molar refractivity (Wildman–Crippen MR) is 138 cm³/mol. The van der Waals surface area contributed by atoms with Crippen LogP contribution in [0.5, 0.6) is 5.75 Å². The number of hydrogen-bond donors (Lipinski definition) is 0. The normalized spacial score (nSPS) is 17.6. The zero-order valence-electron chi connectivity index (χ0n) is 20.0. The molecule has 6 heteroatoms. The smallest absolute Gasteiger partial charge is 0.253 e. The molecule has 4 rings (SSSR count). The van der Waals surface area contributed by atoms with Crippen molar-refractivity contribution in [1.29, 1.82) is 0 Å². The minimum absolute atomic E-state index is 0.00810. The molecule has 0 N–H and O–H groups in total. The first kappa shape index (κ1) is 24.8. The Morgan fingerprint density at radius 2 is 1.63 bits per heavy atom. The van der Waals surface area contributed by atoms with Gasteiger partial charge in [-0.3, -0.25) is 9.59 Å². The molecule has 1 atom stereocenters. The lowest BCUT2D eigenvalue weighted by atomic mass is 9.77. The summed E-state index contributed by atoms with van der Waals surface area (Å²) in [6.45, 7) is 2.03. The van der Waals surface area contributed by atoms with Crippen LogP contribution in [0.4, 0.5) is 0 Å². The Balaban J connectivity index is 1.51. The Bertz CT molecular complexity index is 1120. The summed E-state index contributed by atoms with van der Waals surface area (Å²) in [4.78, 5) is 30.2. The van der Waals surface area contributed by atoms with Crippen LogP contribution in [0.1, 0.15) is 35.2 Å². The van der Waals surface area contributed by atoms with Crippen molar-refractivity contribution in [2.45, 2.75) is 25.8 Å². The topological polar surface area (TPSA) is 49.9 Å². The number of halogens is 1. The second kappa shape index (κ2) is 11.4. The van der Waals surface area contributed by atoms with Gasteiger partial charge in [0, 0.05) is 49.1 Å². The lowest BCUT2D eigenvalue weighted by molar-refractivity contribution is -0.134. The summed E-state index contributed by atoms with van der Waals surface area (Å²) in [5.74, 6) is 0.735. The number of carbonyl (C=O) groups is 2. The summed E-state index contributed by atoms with van der Waals surface area (Å²) in [6.07, 6.45) is 1.94. The number of likely N-dealkylation sites (tertiary alicyclic amines) is 1. The summed E-state index contributed by atoms with van der Waals surface area (Å²) in [5, 5.41) is 0.641. The molecule has 1 unspecified atom stereocenters. The van der Waals surface area contributed by atoms with Crippen molar-refractivity contribution in [3.05, 3.63) is 101 Å². The van der Waals surface area contributed by atoms with Crippen LogP contribution in [-0.2, 0) is 11.3 Å². The maximum Gasteiger partial charge on any atom is 0.253 e. The first-order chi connectivity index (χ1) is 16.9. The van der Waals surface area contributed by atoms with Crippen molar-refractivity contribution in [3.63, 3.8) is 0 Å². The zero-order valence-corrected chi connectivity index (χ0v) is 20.8. The molecule has 1 aliphatic rings. The maximum absolute atomic E-state index is 13.4. The Morgan fingerprint density at radius 3 is 2.31 bits per heavy atom. The number of rotatable bonds is 8. The minimum Gasteiger partial charge on any atom is -0.493 e. The molecule has 0 spiro atoms. The molecule has 35 heavy (non-hydrogen) atoms. The summed E-state index contributed by atoms with van der Waals surface area (Å²) >= 11 is 6.02. The fraction of sp³-hybridized carbons (Fsp3) is 0.310. The molecule has 182 valence electrons. The first-order valence-corrected chi connectivity index (χ1v) is 12.3. The van der Waals surface area contributed by atoms with Gasteiger partial charge in [0.15, 0.2) is 0 Å². The molecule has 1 heterocycles. The third-order valence-corrected chi connectivity index (χ3v) is 6.79. The van der Waals surface area contributed by atoms with Gasteiger partial charge in [0.2, 0.25) is 5.91 Å². The minimum atomic E-state index is -0.482. The van der Waals surface area contributed by atoms with Crippen LogP contribution in [-0.4, -0.2) is 48.4 Å². The van der Waals surface area contributed by atoms with Crippen molar-refractivity contribution in [3.8, 4) is 5.75 Å². The predicted octanol–water partition coefficient (Wildman–Crippen LogP) is 5.69. The Labute approximate surface area is 212 Å². The lowest BCUT2D eigenvalue weighted by Gasteiger charge is -2.43. The Hall–Kier alpha value is -3.31. The summed E-state index contributed by atoms with van der Waals surface area (Å²) in [6, 6.07) is 26.5. The van der Waals surface area contributed by atoms with Gasteiger partial charge >= 0.3 is 0 Å². The number of hydrogen-bond acceptors (Lipinski definition) is 3. The van der Waals surface area contributed by atoms with Gasteiger partial charge in [-0.15, -0.1) is 0 Å². The quantitative estimate of drug-likeness (QED) is 0.407. The van der Waals surface area contributed by atoms with Crippen LogP contribution in [0, 0.1) is 5.41 Å². The van der Waals surface area contributed by atoms with E-state index in [2.05, 4.69) is 0 Å². The number of amides is 2. The standard InChI is InChI=1S/C29H31ClN2O3/c1-31(20-23-9-4-2-5-10-23)27(33)19-29(22-35-26-15-13-25(30)14-16-26)17-8-18-32(21-29)28(34)24-11-6-3-7-12-24/h2-7,9-16H,8,17-22H2,1H3. The highest BCUT2D eigenvalue weighted by Gasteiger charge is 2.40. The first-order valence-electron chi connectivity index (χ1n) is 11.9. The third-order valence-electron chi connectivity index (χ3n) is 6.54. The number of ether oxygens (including phenoxy) is 1. The molecule has 2 amide bonds. The summed E-state index contributed by atoms with van der Waals surface area (Å²) in [5.41, 5.74) is 1.26. The molecular weight excluding hydrogens is 460 g/mol. The highest BCUT2D eigenvalue weighted by Crippen LogP contribution is 2.36. The average Bonchev–Trinajstić information content (AvgIpc) is 2.89. The molecule has 3 aromatic carbocycles. The van der Waals surface area contributed by atoms with Gasteiger partial charge in [0.05, 0.1) is 6.61 Å². The van der Waals surface area contributed by atoms with E-state index in [1.54, 1.807) is 17.0 Å². The van der Waals surface area contributed by atoms with Gasteiger partial charge in [-0.25, -0.2) is 0 Å². The number of carbonyl (C=O) groups excluding carboxylic acids is 2. The van der Waals surface area contributed by atoms with Crippen LogP contribution in [0.15, 0.2) is 84.9 Å². The van der Waals surface area contributed by atoms with Gasteiger partial charge in [0.25, 0.3) is 5.91 Å². The monoisotopic (exact) mass is 490 g/mol. The molecule has 0 aromatic heterocycles. The highest BCUT2D eigenvalue weighted by molar-refractivity contribution is 6.30. The molecule has 5 nitrogen and oxygen atoms in total. The van der Waals surface area contributed by atoms with E-state index in [4.69, 9.17) is 16.3 Å². The summed E-state index contributed by atoms with van der Waals surface area (Å²) in [7, 11) is 1.83. The lowest BCUT2D eigenvalue weighted by Crippen LogP contribution is -2.50. The van der Waals surface area contributed by atoms with E-state index in [1.807, 2.05) is 84.7 Å². The Morgan fingerprint density at radius 1 is 0.971 bits per heavy atom. The fourth-order valence-electron chi connectivity index (χ4n) is 4.63. The van der Waals surface area contributed by atoms with E-state index in [-0.39, 0.29) is 11.8 Å². The molecule has 0 bridgehead atoms. The van der Waals surface area contributed by atoms with Crippen LogP contribution >= 0.6 is 11.6 Å². The molecule has 0 saturated carbocycles. The SMILES string of the molecule is CN(Cc1ccccc1)C(=O)CC1(COc2ccc(Cl)cc2)CCCN(C(=O)c2ccccc2)C1. The zero-order chi connectivity index (χ0) is 24.7. The van der Waals surface area contributed by atoms with E-state index < -0.39 is 5.41 Å². The van der Waals surface area contributed by atoms with Crippen molar-refractivity contribution < 1.29 is 14.3 Å². The fourth-order valence-corrected chi connectivity index (χ4v) is 4.75. The van der Waals surface area contributed by atoms with Gasteiger partial charge in [-0.2, -0.15) is 0 Å². The highest BCUT2D eigenvalue weighted by atomic mass is 35.5. The van der Waals surface area contributed by atoms with Crippen molar-refractivity contribution >= 4 is 23.4 Å². The second-order valence-electron chi connectivity index (χ2n) is 9.35. The molecule has 0 radical (unpaired) electrons. The molecule has 1 aliphatic heterocycles. The average molecular weight is 491 g/mol. The molecule has 1 saturated heterocycles. The summed E-state index contributed by atoms with van der Waals surface area (Å²) < 4.78 is 6.17.